The van der Waals surface area contributed by atoms with Gasteiger partial charge >= 0.3 is 6.18 Å². The molecule has 1 saturated heterocycles. The van der Waals surface area contributed by atoms with Crippen LogP contribution in [0.4, 0.5) is 13.2 Å². The van der Waals surface area contributed by atoms with Crippen molar-refractivity contribution in [3.05, 3.63) is 52.9 Å². The number of alkyl halides is 3. The summed E-state index contributed by atoms with van der Waals surface area (Å²) in [5.41, 5.74) is -0.436. The summed E-state index contributed by atoms with van der Waals surface area (Å²) in [5, 5.41) is 6.32. The van der Waals surface area contributed by atoms with Crippen LogP contribution in [0, 0.1) is 0 Å². The molecule has 0 atom stereocenters. The number of hydrogen-bond acceptors (Lipinski definition) is 5. The summed E-state index contributed by atoms with van der Waals surface area (Å²) in [4.78, 5) is 14.3. The molecule has 1 aliphatic heterocycles. The van der Waals surface area contributed by atoms with E-state index in [-0.39, 0.29) is 24.2 Å². The zero-order valence-electron chi connectivity index (χ0n) is 14.6. The fourth-order valence-corrected chi connectivity index (χ4v) is 2.89. The number of benzene rings is 1. The Morgan fingerprint density at radius 1 is 1.22 bits per heavy atom. The van der Waals surface area contributed by atoms with E-state index in [0.29, 0.717) is 25.5 Å². The molecule has 0 spiro atoms. The lowest BCUT2D eigenvalue weighted by Crippen LogP contribution is -2.35. The quantitative estimate of drug-likeness (QED) is 0.830. The minimum Gasteiger partial charge on any atom is -0.379 e. The molecule has 0 saturated carbocycles. The molecule has 3 rings (SSSR count). The second-order valence-electron chi connectivity index (χ2n) is 6.23. The topological polar surface area (TPSA) is 67.6 Å². The van der Waals surface area contributed by atoms with Crippen molar-refractivity contribution in [2.75, 3.05) is 32.8 Å². The third-order valence-electron chi connectivity index (χ3n) is 4.28. The van der Waals surface area contributed by atoms with Gasteiger partial charge in [-0.25, -0.2) is 0 Å². The molecule has 0 radical (unpaired) electrons. The van der Waals surface area contributed by atoms with Crippen molar-refractivity contribution in [1.29, 1.82) is 0 Å². The Morgan fingerprint density at radius 2 is 1.96 bits per heavy atom. The monoisotopic (exact) mass is 383 g/mol. The van der Waals surface area contributed by atoms with E-state index < -0.39 is 17.6 Å². The highest BCUT2D eigenvalue weighted by Crippen LogP contribution is 2.31. The van der Waals surface area contributed by atoms with Gasteiger partial charge in [-0.05, 0) is 18.1 Å². The first-order valence-corrected chi connectivity index (χ1v) is 8.62. The lowest BCUT2D eigenvalue weighted by atomic mass is 10.0. The molecule has 2 aromatic rings. The van der Waals surface area contributed by atoms with Crippen LogP contribution >= 0.6 is 0 Å². The van der Waals surface area contributed by atoms with Gasteiger partial charge in [-0.2, -0.15) is 13.2 Å². The predicted molar refractivity (Wildman–Crippen MR) is 90.1 cm³/mol. The van der Waals surface area contributed by atoms with Gasteiger partial charge in [-0.3, -0.25) is 9.69 Å². The molecule has 1 aromatic heterocycles. The lowest BCUT2D eigenvalue weighted by Gasteiger charge is -2.25. The summed E-state index contributed by atoms with van der Waals surface area (Å²) < 4.78 is 49.4. The van der Waals surface area contributed by atoms with Gasteiger partial charge in [-0.1, -0.05) is 23.4 Å². The molecular weight excluding hydrogens is 363 g/mol. The van der Waals surface area contributed by atoms with Crippen molar-refractivity contribution >= 4 is 5.91 Å². The van der Waals surface area contributed by atoms with Crippen molar-refractivity contribution < 1.29 is 27.2 Å². The maximum absolute atomic E-state index is 13.0. The van der Waals surface area contributed by atoms with Gasteiger partial charge in [0, 0.05) is 25.7 Å². The Labute approximate surface area is 154 Å². The van der Waals surface area contributed by atoms with Crippen LogP contribution in [0.5, 0.6) is 0 Å². The lowest BCUT2D eigenvalue weighted by molar-refractivity contribution is -0.138. The molecule has 0 aliphatic carbocycles. The SMILES string of the molecule is O=C(NCCc1ccccc1C(F)(F)F)c1cc(CN2CCOCC2)on1. The first-order valence-electron chi connectivity index (χ1n) is 8.62. The molecule has 0 bridgehead atoms. The van der Waals surface area contributed by atoms with Crippen LogP contribution in [-0.4, -0.2) is 48.8 Å². The molecule has 1 N–H and O–H groups in total. The molecule has 2 heterocycles. The van der Waals surface area contributed by atoms with Crippen molar-refractivity contribution in [2.45, 2.75) is 19.1 Å². The molecule has 1 fully saturated rings. The predicted octanol–water partition coefficient (Wildman–Crippen LogP) is 2.50. The summed E-state index contributed by atoms with van der Waals surface area (Å²) >= 11 is 0. The van der Waals surface area contributed by atoms with E-state index in [1.807, 2.05) is 0 Å². The second-order valence-corrected chi connectivity index (χ2v) is 6.23. The number of ether oxygens (including phenoxy) is 1. The number of carbonyl (C=O) groups excluding carboxylic acids is 1. The second kappa shape index (κ2) is 8.53. The Morgan fingerprint density at radius 3 is 2.70 bits per heavy atom. The standard InChI is InChI=1S/C18H20F3N3O3/c19-18(20,21)15-4-2-1-3-13(15)5-6-22-17(25)16-11-14(27-23-16)12-24-7-9-26-10-8-24/h1-4,11H,5-10,12H2,(H,22,25). The van der Waals surface area contributed by atoms with Gasteiger partial charge in [0.1, 0.15) is 0 Å². The summed E-state index contributed by atoms with van der Waals surface area (Å²) in [6, 6.07) is 6.88. The Balaban J connectivity index is 1.52. The van der Waals surface area contributed by atoms with E-state index in [0.717, 1.165) is 19.2 Å². The summed E-state index contributed by atoms with van der Waals surface area (Å²) in [7, 11) is 0. The maximum Gasteiger partial charge on any atom is 0.416 e. The van der Waals surface area contributed by atoms with Crippen LogP contribution in [0.2, 0.25) is 0 Å². The van der Waals surface area contributed by atoms with Crippen LogP contribution in [0.3, 0.4) is 0 Å². The van der Waals surface area contributed by atoms with E-state index in [4.69, 9.17) is 9.26 Å². The van der Waals surface area contributed by atoms with Gasteiger partial charge in [0.2, 0.25) is 0 Å². The maximum atomic E-state index is 13.0. The number of hydrogen-bond donors (Lipinski definition) is 1. The average Bonchev–Trinajstić information content (AvgIpc) is 3.11. The van der Waals surface area contributed by atoms with E-state index in [9.17, 15) is 18.0 Å². The number of amides is 1. The van der Waals surface area contributed by atoms with Crippen molar-refractivity contribution in [3.63, 3.8) is 0 Å². The molecule has 1 amide bonds. The summed E-state index contributed by atoms with van der Waals surface area (Å²) in [6.45, 7) is 3.46. The van der Waals surface area contributed by atoms with E-state index >= 15 is 0 Å². The van der Waals surface area contributed by atoms with Gasteiger partial charge in [0.15, 0.2) is 11.5 Å². The Bertz CT molecular complexity index is 770. The third-order valence-corrected chi connectivity index (χ3v) is 4.28. The number of halogens is 3. The number of rotatable bonds is 6. The van der Waals surface area contributed by atoms with Crippen LogP contribution in [0.25, 0.3) is 0 Å². The van der Waals surface area contributed by atoms with Crippen LogP contribution in [0.1, 0.15) is 27.4 Å². The van der Waals surface area contributed by atoms with Crippen molar-refractivity contribution in [2.24, 2.45) is 0 Å². The van der Waals surface area contributed by atoms with E-state index in [1.165, 1.54) is 12.1 Å². The Kier molecular flexibility index (Phi) is 6.12. The Hall–Kier alpha value is -2.39. The van der Waals surface area contributed by atoms with Gasteiger partial charge in [0.25, 0.3) is 5.91 Å². The minimum absolute atomic E-state index is 0.0670. The van der Waals surface area contributed by atoms with E-state index in [2.05, 4.69) is 15.4 Å². The number of aromatic nitrogens is 1. The zero-order valence-corrected chi connectivity index (χ0v) is 14.6. The first-order chi connectivity index (χ1) is 12.9. The van der Waals surface area contributed by atoms with Gasteiger partial charge in [-0.15, -0.1) is 0 Å². The normalized spacial score (nSPS) is 15.7. The van der Waals surface area contributed by atoms with Crippen LogP contribution in [-0.2, 0) is 23.9 Å². The average molecular weight is 383 g/mol. The smallest absolute Gasteiger partial charge is 0.379 e. The van der Waals surface area contributed by atoms with Crippen LogP contribution < -0.4 is 5.32 Å². The summed E-state index contributed by atoms with van der Waals surface area (Å²) in [5.74, 6) is 0.0842. The number of carbonyl (C=O) groups is 1. The molecule has 0 unspecified atom stereocenters. The molecule has 27 heavy (non-hydrogen) atoms. The molecule has 6 nitrogen and oxygen atoms in total. The van der Waals surface area contributed by atoms with Crippen molar-refractivity contribution in [3.8, 4) is 0 Å². The fourth-order valence-electron chi connectivity index (χ4n) is 2.89. The molecule has 9 heteroatoms. The zero-order chi connectivity index (χ0) is 19.3. The van der Waals surface area contributed by atoms with Gasteiger partial charge < -0.3 is 14.6 Å². The van der Waals surface area contributed by atoms with Crippen molar-refractivity contribution in [1.82, 2.24) is 15.4 Å². The third kappa shape index (κ3) is 5.30. The molecule has 1 aromatic carbocycles. The number of nitrogens with zero attached hydrogens (tertiary/aromatic N) is 2. The van der Waals surface area contributed by atoms with Gasteiger partial charge in [0.05, 0.1) is 25.3 Å². The van der Waals surface area contributed by atoms with Crippen LogP contribution in [0.15, 0.2) is 34.9 Å². The molecular formula is C18H20F3N3O3. The largest absolute Gasteiger partial charge is 0.416 e. The fraction of sp³-hybridized carbons (Fsp3) is 0.444. The molecule has 1 aliphatic rings. The van der Waals surface area contributed by atoms with E-state index in [1.54, 1.807) is 12.1 Å². The highest BCUT2D eigenvalue weighted by molar-refractivity contribution is 5.92. The number of morpholine rings is 1. The minimum atomic E-state index is -4.42. The highest BCUT2D eigenvalue weighted by Gasteiger charge is 2.32. The first kappa shape index (κ1) is 19.4. The summed E-state index contributed by atoms with van der Waals surface area (Å²) in [6.07, 6.45) is -4.35. The number of nitrogens with one attached hydrogen (secondary N) is 1. The highest BCUT2D eigenvalue weighted by atomic mass is 19.4. The molecule has 146 valence electrons.